The molecule has 2 rings (SSSR count). The molecule has 0 aromatic heterocycles. The Hall–Kier alpha value is -1.84. The molecular formula is C17H23NO3. The molecule has 1 unspecified atom stereocenters. The van der Waals surface area contributed by atoms with E-state index in [0.717, 1.165) is 18.6 Å². The minimum Gasteiger partial charge on any atom is -0.494 e. The zero-order valence-corrected chi connectivity index (χ0v) is 12.8. The van der Waals surface area contributed by atoms with Crippen molar-refractivity contribution in [3.63, 3.8) is 0 Å². The first-order valence-electron chi connectivity index (χ1n) is 7.70. The maximum absolute atomic E-state index is 12.6. The molecule has 1 saturated heterocycles. The van der Waals surface area contributed by atoms with E-state index in [1.165, 1.54) is 0 Å². The smallest absolute Gasteiger partial charge is 0.254 e. The highest BCUT2D eigenvalue weighted by atomic mass is 16.5. The van der Waals surface area contributed by atoms with Crippen molar-refractivity contribution >= 4 is 11.7 Å². The molecular weight excluding hydrogens is 266 g/mol. The second-order valence-corrected chi connectivity index (χ2v) is 5.45. The van der Waals surface area contributed by atoms with Crippen molar-refractivity contribution in [2.75, 3.05) is 19.7 Å². The Kier molecular flexibility index (Phi) is 5.37. The van der Waals surface area contributed by atoms with Crippen LogP contribution < -0.4 is 4.74 Å². The number of piperidine rings is 1. The SMILES string of the molecule is CCCOc1cccc(C(=O)N2CCC(=O)C(CC)C2)c1. The number of benzene rings is 1. The minimum atomic E-state index is -0.0118. The fourth-order valence-corrected chi connectivity index (χ4v) is 2.57. The van der Waals surface area contributed by atoms with Crippen molar-refractivity contribution < 1.29 is 14.3 Å². The summed E-state index contributed by atoms with van der Waals surface area (Å²) in [6.45, 7) is 5.75. The van der Waals surface area contributed by atoms with Gasteiger partial charge in [0.1, 0.15) is 11.5 Å². The number of likely N-dealkylation sites (tertiary alicyclic amines) is 1. The zero-order chi connectivity index (χ0) is 15.2. The quantitative estimate of drug-likeness (QED) is 0.837. The van der Waals surface area contributed by atoms with Crippen LogP contribution in [0.1, 0.15) is 43.5 Å². The highest BCUT2D eigenvalue weighted by Gasteiger charge is 2.29. The number of carbonyl (C=O) groups excluding carboxylic acids is 2. The molecule has 0 saturated carbocycles. The first-order chi connectivity index (χ1) is 10.2. The van der Waals surface area contributed by atoms with Gasteiger partial charge in [-0.2, -0.15) is 0 Å². The van der Waals surface area contributed by atoms with E-state index in [9.17, 15) is 9.59 Å². The molecule has 0 aliphatic carbocycles. The van der Waals surface area contributed by atoms with E-state index in [1.807, 2.05) is 26.0 Å². The highest BCUT2D eigenvalue weighted by Crippen LogP contribution is 2.20. The first kappa shape index (κ1) is 15.5. The van der Waals surface area contributed by atoms with E-state index in [-0.39, 0.29) is 17.6 Å². The van der Waals surface area contributed by atoms with Crippen molar-refractivity contribution in [2.45, 2.75) is 33.1 Å². The third-order valence-corrected chi connectivity index (χ3v) is 3.86. The van der Waals surface area contributed by atoms with Crippen LogP contribution in [0.25, 0.3) is 0 Å². The van der Waals surface area contributed by atoms with Gasteiger partial charge in [0.25, 0.3) is 5.91 Å². The van der Waals surface area contributed by atoms with E-state index >= 15 is 0 Å². The van der Waals surface area contributed by atoms with Gasteiger partial charge >= 0.3 is 0 Å². The Morgan fingerprint density at radius 3 is 2.90 bits per heavy atom. The minimum absolute atomic E-state index is 0.0112. The first-order valence-corrected chi connectivity index (χ1v) is 7.70. The molecule has 0 bridgehead atoms. The van der Waals surface area contributed by atoms with E-state index in [2.05, 4.69) is 0 Å². The predicted octanol–water partition coefficient (Wildman–Crippen LogP) is 2.92. The lowest BCUT2D eigenvalue weighted by atomic mass is 9.93. The summed E-state index contributed by atoms with van der Waals surface area (Å²) in [4.78, 5) is 26.1. The average Bonchev–Trinajstić information content (AvgIpc) is 2.53. The molecule has 1 aliphatic heterocycles. The number of hydrogen-bond donors (Lipinski definition) is 0. The number of rotatable bonds is 5. The second-order valence-electron chi connectivity index (χ2n) is 5.45. The van der Waals surface area contributed by atoms with Crippen LogP contribution >= 0.6 is 0 Å². The Bertz CT molecular complexity index is 513. The van der Waals surface area contributed by atoms with Crippen molar-refractivity contribution in [2.24, 2.45) is 5.92 Å². The van der Waals surface area contributed by atoms with Gasteiger partial charge < -0.3 is 9.64 Å². The molecule has 1 aliphatic rings. The number of nitrogens with zero attached hydrogens (tertiary/aromatic N) is 1. The summed E-state index contributed by atoms with van der Waals surface area (Å²) in [6.07, 6.45) is 2.20. The van der Waals surface area contributed by atoms with Gasteiger partial charge in [0.05, 0.1) is 6.61 Å². The van der Waals surface area contributed by atoms with Gasteiger partial charge in [-0.3, -0.25) is 9.59 Å². The standard InChI is InChI=1S/C17H23NO3/c1-3-10-21-15-7-5-6-14(11-15)17(20)18-9-8-16(19)13(4-2)12-18/h5-7,11,13H,3-4,8-10,12H2,1-2H3. The van der Waals surface area contributed by atoms with Gasteiger partial charge in [-0.1, -0.05) is 19.9 Å². The fourth-order valence-electron chi connectivity index (χ4n) is 2.57. The monoisotopic (exact) mass is 289 g/mol. The molecule has 1 aromatic carbocycles. The zero-order valence-electron chi connectivity index (χ0n) is 12.8. The summed E-state index contributed by atoms with van der Waals surface area (Å²) in [5.41, 5.74) is 0.632. The third-order valence-electron chi connectivity index (χ3n) is 3.86. The maximum atomic E-state index is 12.6. The van der Waals surface area contributed by atoms with Crippen LogP contribution in [0.3, 0.4) is 0 Å². The van der Waals surface area contributed by atoms with Gasteiger partial charge in [0.15, 0.2) is 0 Å². The summed E-state index contributed by atoms with van der Waals surface area (Å²) >= 11 is 0. The number of Topliss-reactive ketones (excluding diaryl/α,β-unsaturated/α-hetero) is 1. The highest BCUT2D eigenvalue weighted by molar-refractivity contribution is 5.96. The van der Waals surface area contributed by atoms with Gasteiger partial charge in [-0.25, -0.2) is 0 Å². The lowest BCUT2D eigenvalue weighted by Gasteiger charge is -2.31. The van der Waals surface area contributed by atoms with E-state index < -0.39 is 0 Å². The third kappa shape index (κ3) is 3.84. The molecule has 4 heteroatoms. The molecule has 1 fully saturated rings. The molecule has 21 heavy (non-hydrogen) atoms. The lowest BCUT2D eigenvalue weighted by Crippen LogP contribution is -2.43. The maximum Gasteiger partial charge on any atom is 0.254 e. The van der Waals surface area contributed by atoms with Crippen molar-refractivity contribution in [3.05, 3.63) is 29.8 Å². The van der Waals surface area contributed by atoms with Crippen LogP contribution in [0, 0.1) is 5.92 Å². The van der Waals surface area contributed by atoms with E-state index in [4.69, 9.17) is 4.74 Å². The molecule has 4 nitrogen and oxygen atoms in total. The van der Waals surface area contributed by atoms with E-state index in [0.29, 0.717) is 31.7 Å². The molecule has 1 aromatic rings. The van der Waals surface area contributed by atoms with E-state index in [1.54, 1.807) is 17.0 Å². The molecule has 114 valence electrons. The normalized spacial score (nSPS) is 18.7. The molecule has 0 N–H and O–H groups in total. The van der Waals surface area contributed by atoms with Crippen molar-refractivity contribution in [1.82, 2.24) is 4.90 Å². The van der Waals surface area contributed by atoms with Gasteiger partial charge in [0, 0.05) is 31.0 Å². The average molecular weight is 289 g/mol. The summed E-state index contributed by atoms with van der Waals surface area (Å²) in [6, 6.07) is 7.29. The van der Waals surface area contributed by atoms with Crippen molar-refractivity contribution in [3.8, 4) is 5.75 Å². The van der Waals surface area contributed by atoms with Gasteiger partial charge in [-0.05, 0) is 31.0 Å². The van der Waals surface area contributed by atoms with Crippen LogP contribution in [0.4, 0.5) is 0 Å². The Balaban J connectivity index is 2.07. The molecule has 0 radical (unpaired) electrons. The fraction of sp³-hybridized carbons (Fsp3) is 0.529. The second kappa shape index (κ2) is 7.25. The summed E-state index contributed by atoms with van der Waals surface area (Å²) < 4.78 is 5.57. The number of hydrogen-bond acceptors (Lipinski definition) is 3. The number of amides is 1. The summed E-state index contributed by atoms with van der Waals surface area (Å²) in [5.74, 6) is 0.981. The predicted molar refractivity (Wildman–Crippen MR) is 81.5 cm³/mol. The molecule has 1 atom stereocenters. The Morgan fingerprint density at radius 2 is 2.19 bits per heavy atom. The molecule has 1 heterocycles. The van der Waals surface area contributed by atoms with Crippen molar-refractivity contribution in [1.29, 1.82) is 0 Å². The van der Waals surface area contributed by atoms with Crippen LogP contribution in [-0.4, -0.2) is 36.3 Å². The molecule has 0 spiro atoms. The Labute approximate surface area is 126 Å². The van der Waals surface area contributed by atoms with Gasteiger partial charge in [0.2, 0.25) is 0 Å². The number of ether oxygens (including phenoxy) is 1. The van der Waals surface area contributed by atoms with Gasteiger partial charge in [-0.15, -0.1) is 0 Å². The number of ketones is 1. The number of carbonyl (C=O) groups is 2. The van der Waals surface area contributed by atoms with Crippen LogP contribution in [-0.2, 0) is 4.79 Å². The Morgan fingerprint density at radius 1 is 1.38 bits per heavy atom. The van der Waals surface area contributed by atoms with Crippen LogP contribution in [0.2, 0.25) is 0 Å². The summed E-state index contributed by atoms with van der Waals surface area (Å²) in [5, 5.41) is 0. The van der Waals surface area contributed by atoms with Crippen LogP contribution in [0.15, 0.2) is 24.3 Å². The lowest BCUT2D eigenvalue weighted by molar-refractivity contribution is -0.125. The largest absolute Gasteiger partial charge is 0.494 e. The summed E-state index contributed by atoms with van der Waals surface area (Å²) in [7, 11) is 0. The van der Waals surface area contributed by atoms with Crippen LogP contribution in [0.5, 0.6) is 5.75 Å². The molecule has 1 amide bonds. The topological polar surface area (TPSA) is 46.6 Å².